The molecule has 0 amide bonds. The Labute approximate surface area is 177 Å². The maximum absolute atomic E-state index is 14.6. The van der Waals surface area contributed by atoms with Gasteiger partial charge in [-0.05, 0) is 54.7 Å². The predicted octanol–water partition coefficient (Wildman–Crippen LogP) is 6.47. The first kappa shape index (κ1) is 19.1. The lowest BCUT2D eigenvalue weighted by Crippen LogP contribution is -2.05. The topological polar surface area (TPSA) is 27.1 Å². The number of hydrogen-bond acceptors (Lipinski definition) is 2. The molecule has 1 heterocycles. The van der Waals surface area contributed by atoms with Crippen molar-refractivity contribution in [2.75, 3.05) is 6.61 Å². The molecule has 0 N–H and O–H groups in total. The molecule has 3 nitrogen and oxygen atoms in total. The number of hydrogen-bond donors (Lipinski definition) is 0. The van der Waals surface area contributed by atoms with E-state index < -0.39 is 11.6 Å². The van der Waals surface area contributed by atoms with Gasteiger partial charge in [0.05, 0.1) is 17.7 Å². The lowest BCUT2D eigenvalue weighted by molar-refractivity contribution is 0.301. The molecule has 6 heteroatoms. The second-order valence-electron chi connectivity index (χ2n) is 7.63. The van der Waals surface area contributed by atoms with Crippen molar-refractivity contribution in [3.8, 4) is 17.1 Å². The molecule has 152 valence electrons. The Bertz CT molecular complexity index is 1220. The van der Waals surface area contributed by atoms with Crippen LogP contribution in [0.2, 0.25) is 5.02 Å². The zero-order valence-electron chi connectivity index (χ0n) is 16.1. The number of imidazole rings is 1. The molecule has 0 aliphatic heterocycles. The van der Waals surface area contributed by atoms with Crippen LogP contribution in [0.15, 0.2) is 60.7 Å². The SMILES string of the molecule is Fc1ccc2c(nc(-c3ccc(Cl)cc3OCC3CC3)n2Cc2ccccc2)c1F. The van der Waals surface area contributed by atoms with Crippen molar-refractivity contribution >= 4 is 22.6 Å². The van der Waals surface area contributed by atoms with Crippen molar-refractivity contribution in [1.29, 1.82) is 0 Å². The van der Waals surface area contributed by atoms with Gasteiger partial charge in [-0.25, -0.2) is 13.8 Å². The van der Waals surface area contributed by atoms with E-state index in [9.17, 15) is 8.78 Å². The van der Waals surface area contributed by atoms with Crippen LogP contribution in [0.5, 0.6) is 5.75 Å². The molecule has 30 heavy (non-hydrogen) atoms. The summed E-state index contributed by atoms with van der Waals surface area (Å²) < 4.78 is 36.4. The van der Waals surface area contributed by atoms with Crippen LogP contribution in [-0.4, -0.2) is 16.2 Å². The molecule has 0 saturated heterocycles. The summed E-state index contributed by atoms with van der Waals surface area (Å²) in [5.41, 5.74) is 2.25. The summed E-state index contributed by atoms with van der Waals surface area (Å²) in [7, 11) is 0. The van der Waals surface area contributed by atoms with Crippen molar-refractivity contribution in [2.45, 2.75) is 19.4 Å². The minimum atomic E-state index is -0.949. The molecule has 0 spiro atoms. The molecule has 0 atom stereocenters. The van der Waals surface area contributed by atoms with Crippen LogP contribution < -0.4 is 4.74 Å². The minimum absolute atomic E-state index is 0.00373. The summed E-state index contributed by atoms with van der Waals surface area (Å²) in [6, 6.07) is 17.8. The van der Waals surface area contributed by atoms with Crippen LogP contribution in [0.3, 0.4) is 0 Å². The molecule has 3 aromatic carbocycles. The van der Waals surface area contributed by atoms with Gasteiger partial charge >= 0.3 is 0 Å². The van der Waals surface area contributed by atoms with Gasteiger partial charge < -0.3 is 9.30 Å². The van der Waals surface area contributed by atoms with Crippen molar-refractivity contribution in [3.63, 3.8) is 0 Å². The second-order valence-corrected chi connectivity index (χ2v) is 8.07. The highest BCUT2D eigenvalue weighted by molar-refractivity contribution is 6.30. The maximum Gasteiger partial charge on any atom is 0.186 e. The van der Waals surface area contributed by atoms with E-state index in [1.54, 1.807) is 18.2 Å². The quantitative estimate of drug-likeness (QED) is 0.354. The van der Waals surface area contributed by atoms with Crippen molar-refractivity contribution in [3.05, 3.63) is 82.9 Å². The Hall–Kier alpha value is -2.92. The summed E-state index contributed by atoms with van der Waals surface area (Å²) in [5.74, 6) is -0.193. The second kappa shape index (κ2) is 7.73. The average Bonchev–Trinajstić information content (AvgIpc) is 3.52. The third-order valence-electron chi connectivity index (χ3n) is 5.35. The van der Waals surface area contributed by atoms with Crippen LogP contribution >= 0.6 is 11.6 Å². The van der Waals surface area contributed by atoms with Gasteiger partial charge in [0.25, 0.3) is 0 Å². The molecule has 1 aromatic heterocycles. The number of halogens is 3. The molecule has 1 aliphatic rings. The summed E-state index contributed by atoms with van der Waals surface area (Å²) in [5, 5.41) is 0.549. The van der Waals surface area contributed by atoms with E-state index in [1.807, 2.05) is 41.0 Å². The molecular formula is C24H19ClF2N2O. The van der Waals surface area contributed by atoms with Gasteiger partial charge in [-0.2, -0.15) is 0 Å². The normalized spacial score (nSPS) is 13.7. The number of fused-ring (bicyclic) bond motifs is 1. The monoisotopic (exact) mass is 424 g/mol. The average molecular weight is 425 g/mol. The third kappa shape index (κ3) is 3.65. The lowest BCUT2D eigenvalue weighted by Gasteiger charge is -2.14. The van der Waals surface area contributed by atoms with Crippen LogP contribution in [-0.2, 0) is 6.54 Å². The van der Waals surface area contributed by atoms with Gasteiger partial charge in [-0.1, -0.05) is 41.9 Å². The van der Waals surface area contributed by atoms with Crippen LogP contribution in [0.1, 0.15) is 18.4 Å². The van der Waals surface area contributed by atoms with E-state index >= 15 is 0 Å². The van der Waals surface area contributed by atoms with Crippen LogP contribution in [0, 0.1) is 17.6 Å². The Morgan fingerprint density at radius 2 is 1.83 bits per heavy atom. The van der Waals surface area contributed by atoms with Gasteiger partial charge in [0.1, 0.15) is 17.1 Å². The zero-order chi connectivity index (χ0) is 20.7. The number of aromatic nitrogens is 2. The summed E-state index contributed by atoms with van der Waals surface area (Å²) in [4.78, 5) is 4.50. The first-order chi connectivity index (χ1) is 14.6. The lowest BCUT2D eigenvalue weighted by atomic mass is 10.1. The number of rotatable bonds is 6. The summed E-state index contributed by atoms with van der Waals surface area (Å²) in [6.45, 7) is 1.07. The molecule has 5 rings (SSSR count). The van der Waals surface area contributed by atoms with Crippen molar-refractivity contribution < 1.29 is 13.5 Å². The van der Waals surface area contributed by atoms with Gasteiger partial charge in [0, 0.05) is 11.6 Å². The number of nitrogens with zero attached hydrogens (tertiary/aromatic N) is 2. The molecule has 1 saturated carbocycles. The number of benzene rings is 3. The van der Waals surface area contributed by atoms with E-state index in [4.69, 9.17) is 16.3 Å². The van der Waals surface area contributed by atoms with Gasteiger partial charge in [0.15, 0.2) is 11.6 Å². The summed E-state index contributed by atoms with van der Waals surface area (Å²) >= 11 is 6.21. The fourth-order valence-electron chi connectivity index (χ4n) is 3.56. The molecule has 0 radical (unpaired) electrons. The minimum Gasteiger partial charge on any atom is -0.492 e. The fourth-order valence-corrected chi connectivity index (χ4v) is 3.72. The molecular weight excluding hydrogens is 406 g/mol. The fraction of sp³-hybridized carbons (Fsp3) is 0.208. The standard InChI is InChI=1S/C24H19ClF2N2O/c25-17-8-9-18(21(12-17)30-14-16-6-7-16)24-28-23-20(11-10-19(26)22(23)27)29(24)13-15-4-2-1-3-5-15/h1-5,8-12,16H,6-7,13-14H2. The molecule has 0 bridgehead atoms. The van der Waals surface area contributed by atoms with E-state index in [1.165, 1.54) is 0 Å². The number of ether oxygens (including phenoxy) is 1. The largest absolute Gasteiger partial charge is 0.492 e. The van der Waals surface area contributed by atoms with E-state index in [0.717, 1.165) is 24.5 Å². The van der Waals surface area contributed by atoms with E-state index in [0.29, 0.717) is 46.7 Å². The smallest absolute Gasteiger partial charge is 0.186 e. The van der Waals surface area contributed by atoms with Gasteiger partial charge in [0.2, 0.25) is 0 Å². The zero-order valence-corrected chi connectivity index (χ0v) is 16.9. The van der Waals surface area contributed by atoms with Gasteiger partial charge in [-0.15, -0.1) is 0 Å². The Morgan fingerprint density at radius 1 is 1.03 bits per heavy atom. The molecule has 1 aliphatic carbocycles. The summed E-state index contributed by atoms with van der Waals surface area (Å²) in [6.07, 6.45) is 2.32. The highest BCUT2D eigenvalue weighted by Gasteiger charge is 2.24. The predicted molar refractivity (Wildman–Crippen MR) is 114 cm³/mol. The van der Waals surface area contributed by atoms with Gasteiger partial charge in [-0.3, -0.25) is 0 Å². The first-order valence-electron chi connectivity index (χ1n) is 9.91. The first-order valence-corrected chi connectivity index (χ1v) is 10.3. The van der Waals surface area contributed by atoms with Crippen LogP contribution in [0.25, 0.3) is 22.4 Å². The Morgan fingerprint density at radius 3 is 2.60 bits per heavy atom. The Kier molecular flexibility index (Phi) is 4.91. The Balaban J connectivity index is 1.68. The van der Waals surface area contributed by atoms with Crippen LogP contribution in [0.4, 0.5) is 8.78 Å². The highest BCUT2D eigenvalue weighted by atomic mass is 35.5. The third-order valence-corrected chi connectivity index (χ3v) is 5.59. The molecule has 0 unspecified atom stereocenters. The van der Waals surface area contributed by atoms with Crippen molar-refractivity contribution in [2.24, 2.45) is 5.92 Å². The maximum atomic E-state index is 14.6. The molecule has 4 aromatic rings. The van der Waals surface area contributed by atoms with E-state index in [2.05, 4.69) is 4.98 Å². The highest BCUT2D eigenvalue weighted by Crippen LogP contribution is 2.37. The molecule has 1 fully saturated rings. The van der Waals surface area contributed by atoms with Crippen molar-refractivity contribution in [1.82, 2.24) is 9.55 Å². The van der Waals surface area contributed by atoms with E-state index in [-0.39, 0.29) is 5.52 Å².